The van der Waals surface area contributed by atoms with Crippen molar-refractivity contribution in [1.29, 1.82) is 0 Å². The minimum absolute atomic E-state index is 0.124. The van der Waals surface area contributed by atoms with Gasteiger partial charge < -0.3 is 9.84 Å². The van der Waals surface area contributed by atoms with Gasteiger partial charge in [0.25, 0.3) is 0 Å². The summed E-state index contributed by atoms with van der Waals surface area (Å²) in [6, 6.07) is 12.5. The molecule has 2 aromatic rings. The van der Waals surface area contributed by atoms with Gasteiger partial charge >= 0.3 is 0 Å². The van der Waals surface area contributed by atoms with Crippen LogP contribution in [0.4, 0.5) is 4.39 Å². The second kappa shape index (κ2) is 7.57. The van der Waals surface area contributed by atoms with E-state index in [0.717, 1.165) is 5.56 Å². The fraction of sp³-hybridized carbons (Fsp3) is 0.294. The molecule has 0 heterocycles. The predicted molar refractivity (Wildman–Crippen MR) is 86.6 cm³/mol. The van der Waals surface area contributed by atoms with E-state index < -0.39 is 21.8 Å². The van der Waals surface area contributed by atoms with Gasteiger partial charge in [-0.1, -0.05) is 29.8 Å². The summed E-state index contributed by atoms with van der Waals surface area (Å²) < 4.78 is 42.2. The summed E-state index contributed by atoms with van der Waals surface area (Å²) in [5.74, 6) is -0.525. The molecule has 0 fully saturated rings. The lowest BCUT2D eigenvalue weighted by Crippen LogP contribution is -2.27. The summed E-state index contributed by atoms with van der Waals surface area (Å²) in [5.41, 5.74) is 1.74. The monoisotopic (exact) mass is 338 g/mol. The summed E-state index contributed by atoms with van der Waals surface area (Å²) in [6.45, 7) is 1.76. The molecule has 0 aromatic heterocycles. The molecule has 0 spiro atoms. The molecule has 2 aromatic carbocycles. The topological polar surface area (TPSA) is 63.6 Å². The van der Waals surface area contributed by atoms with Crippen molar-refractivity contribution >= 4 is 9.84 Å². The highest BCUT2D eigenvalue weighted by Crippen LogP contribution is 2.13. The third-order valence-corrected chi connectivity index (χ3v) is 4.88. The zero-order valence-electron chi connectivity index (χ0n) is 12.8. The van der Waals surface area contributed by atoms with E-state index in [1.807, 2.05) is 19.1 Å². The maximum atomic E-state index is 12.8. The number of hydrogen-bond acceptors (Lipinski definition) is 4. The number of aryl methyl sites for hydroxylation is 1. The fourth-order valence-electron chi connectivity index (χ4n) is 2.06. The largest absolute Gasteiger partial charge is 0.491 e. The van der Waals surface area contributed by atoms with Crippen LogP contribution in [0, 0.1) is 12.7 Å². The Bertz CT molecular complexity index is 724. The van der Waals surface area contributed by atoms with Crippen molar-refractivity contribution in [2.75, 3.05) is 12.4 Å². The summed E-state index contributed by atoms with van der Waals surface area (Å²) in [5, 5.41) is 9.84. The molecule has 1 atom stereocenters. The molecule has 0 aliphatic heterocycles. The molecule has 0 aliphatic rings. The van der Waals surface area contributed by atoms with E-state index in [4.69, 9.17) is 4.74 Å². The van der Waals surface area contributed by atoms with E-state index in [9.17, 15) is 17.9 Å². The van der Waals surface area contributed by atoms with Crippen LogP contribution in [0.5, 0.6) is 5.75 Å². The number of aliphatic hydroxyl groups excluding tert-OH is 1. The molecule has 2 rings (SSSR count). The van der Waals surface area contributed by atoms with Gasteiger partial charge in [0, 0.05) is 0 Å². The molecular weight excluding hydrogens is 319 g/mol. The van der Waals surface area contributed by atoms with Crippen LogP contribution in [0.3, 0.4) is 0 Å². The third-order valence-electron chi connectivity index (χ3n) is 3.21. The molecular formula is C17H19FO4S. The Kier molecular flexibility index (Phi) is 5.74. The van der Waals surface area contributed by atoms with Gasteiger partial charge in [0.15, 0.2) is 9.84 Å². The van der Waals surface area contributed by atoms with Crippen molar-refractivity contribution in [3.63, 3.8) is 0 Å². The fourth-order valence-corrected chi connectivity index (χ4v) is 3.56. The normalized spacial score (nSPS) is 12.8. The zero-order chi connectivity index (χ0) is 16.9. The first-order valence-electron chi connectivity index (χ1n) is 7.16. The van der Waals surface area contributed by atoms with Gasteiger partial charge in [0.1, 0.15) is 24.3 Å². The molecule has 1 unspecified atom stereocenters. The van der Waals surface area contributed by atoms with Crippen LogP contribution in [-0.4, -0.2) is 32.0 Å². The van der Waals surface area contributed by atoms with Crippen molar-refractivity contribution in [2.45, 2.75) is 18.8 Å². The quantitative estimate of drug-likeness (QED) is 0.842. The molecule has 6 heteroatoms. The van der Waals surface area contributed by atoms with Crippen LogP contribution in [0.15, 0.2) is 48.5 Å². The Morgan fingerprint density at radius 1 is 1.09 bits per heavy atom. The molecule has 1 N–H and O–H groups in total. The second-order valence-corrected chi connectivity index (χ2v) is 7.57. The van der Waals surface area contributed by atoms with Gasteiger partial charge in [-0.15, -0.1) is 0 Å². The maximum Gasteiger partial charge on any atom is 0.157 e. The molecule has 0 radical (unpaired) electrons. The van der Waals surface area contributed by atoms with E-state index in [2.05, 4.69) is 0 Å². The lowest BCUT2D eigenvalue weighted by atomic mass is 10.2. The molecule has 0 amide bonds. The van der Waals surface area contributed by atoms with Gasteiger partial charge in [-0.05, 0) is 36.8 Å². The highest BCUT2D eigenvalue weighted by molar-refractivity contribution is 7.90. The Morgan fingerprint density at radius 2 is 1.70 bits per heavy atom. The minimum Gasteiger partial charge on any atom is -0.491 e. The second-order valence-electron chi connectivity index (χ2n) is 5.46. The first kappa shape index (κ1) is 17.4. The maximum absolute atomic E-state index is 12.8. The Morgan fingerprint density at radius 3 is 2.30 bits per heavy atom. The third kappa shape index (κ3) is 6.00. The average molecular weight is 338 g/mol. The van der Waals surface area contributed by atoms with Crippen LogP contribution in [0.25, 0.3) is 0 Å². The van der Waals surface area contributed by atoms with Gasteiger partial charge in [-0.25, -0.2) is 12.8 Å². The summed E-state index contributed by atoms with van der Waals surface area (Å²) in [4.78, 5) is 0. The standard InChI is InChI=1S/C17H19FO4S/c1-13-2-4-14(5-3-13)11-23(20,21)12-16(19)10-22-17-8-6-15(18)7-9-17/h2-9,16,19H,10-12H2,1H3. The van der Waals surface area contributed by atoms with Crippen molar-refractivity contribution in [3.05, 3.63) is 65.5 Å². The molecule has 0 saturated carbocycles. The highest BCUT2D eigenvalue weighted by atomic mass is 32.2. The number of hydrogen-bond donors (Lipinski definition) is 1. The molecule has 124 valence electrons. The SMILES string of the molecule is Cc1ccc(CS(=O)(=O)CC(O)COc2ccc(F)cc2)cc1. The Balaban J connectivity index is 1.86. The summed E-state index contributed by atoms with van der Waals surface area (Å²) in [6.07, 6.45) is -1.14. The summed E-state index contributed by atoms with van der Waals surface area (Å²) >= 11 is 0. The van der Waals surface area contributed by atoms with E-state index in [0.29, 0.717) is 11.3 Å². The predicted octanol–water partition coefficient (Wildman–Crippen LogP) is 2.49. The van der Waals surface area contributed by atoms with Gasteiger partial charge in [0.05, 0.1) is 11.5 Å². The number of sulfone groups is 1. The lowest BCUT2D eigenvalue weighted by molar-refractivity contribution is 0.125. The van der Waals surface area contributed by atoms with Crippen LogP contribution in [0.1, 0.15) is 11.1 Å². The van der Waals surface area contributed by atoms with E-state index in [1.165, 1.54) is 24.3 Å². The average Bonchev–Trinajstić information content (AvgIpc) is 2.48. The van der Waals surface area contributed by atoms with Crippen LogP contribution >= 0.6 is 0 Å². The highest BCUT2D eigenvalue weighted by Gasteiger charge is 2.18. The van der Waals surface area contributed by atoms with Crippen LogP contribution in [-0.2, 0) is 15.6 Å². The van der Waals surface area contributed by atoms with Crippen LogP contribution < -0.4 is 4.74 Å². The minimum atomic E-state index is -3.45. The number of aliphatic hydroxyl groups is 1. The van der Waals surface area contributed by atoms with Crippen molar-refractivity contribution in [2.24, 2.45) is 0 Å². The molecule has 0 bridgehead atoms. The molecule has 0 saturated heterocycles. The van der Waals surface area contributed by atoms with Crippen molar-refractivity contribution in [3.8, 4) is 5.75 Å². The van der Waals surface area contributed by atoms with E-state index in [1.54, 1.807) is 12.1 Å². The molecule has 0 aliphatic carbocycles. The van der Waals surface area contributed by atoms with Crippen molar-refractivity contribution in [1.82, 2.24) is 0 Å². The number of ether oxygens (including phenoxy) is 1. The van der Waals surface area contributed by atoms with E-state index in [-0.39, 0.29) is 18.1 Å². The Hall–Kier alpha value is -1.92. The number of halogens is 1. The summed E-state index contributed by atoms with van der Waals surface area (Å²) in [7, 11) is -3.45. The van der Waals surface area contributed by atoms with Crippen molar-refractivity contribution < 1.29 is 22.7 Å². The first-order chi connectivity index (χ1) is 10.8. The molecule has 23 heavy (non-hydrogen) atoms. The first-order valence-corrected chi connectivity index (χ1v) is 8.98. The molecule has 4 nitrogen and oxygen atoms in total. The van der Waals surface area contributed by atoms with E-state index >= 15 is 0 Å². The Labute approximate surface area is 135 Å². The smallest absolute Gasteiger partial charge is 0.157 e. The zero-order valence-corrected chi connectivity index (χ0v) is 13.6. The lowest BCUT2D eigenvalue weighted by Gasteiger charge is -2.13. The van der Waals surface area contributed by atoms with Crippen LogP contribution in [0.2, 0.25) is 0 Å². The van der Waals surface area contributed by atoms with Gasteiger partial charge in [0.2, 0.25) is 0 Å². The van der Waals surface area contributed by atoms with Gasteiger partial charge in [-0.2, -0.15) is 0 Å². The number of benzene rings is 2. The van der Waals surface area contributed by atoms with Gasteiger partial charge in [-0.3, -0.25) is 0 Å². The number of rotatable bonds is 7.